The maximum absolute atomic E-state index is 12.7. The van der Waals surface area contributed by atoms with Gasteiger partial charge in [-0.25, -0.2) is 4.39 Å². The van der Waals surface area contributed by atoms with Crippen LogP contribution in [0.15, 0.2) is 23.1 Å². The third-order valence-electron chi connectivity index (χ3n) is 1.61. The molecule has 0 nitrogen and oxygen atoms in total. The number of aryl methyl sites for hydroxylation is 1. The van der Waals surface area contributed by atoms with Crippen LogP contribution in [0.1, 0.15) is 12.0 Å². The van der Waals surface area contributed by atoms with Crippen molar-refractivity contribution in [2.24, 2.45) is 0 Å². The fraction of sp³-hybridized carbons (Fsp3) is 0.333. The summed E-state index contributed by atoms with van der Waals surface area (Å²) in [6, 6.07) is 5.05. The Kier molecular flexibility index (Phi) is 4.09. The molecule has 0 spiro atoms. The van der Waals surface area contributed by atoms with Crippen molar-refractivity contribution < 1.29 is 4.39 Å². The minimum Gasteiger partial charge on any atom is -0.206 e. The monoisotopic (exact) mass is 248 g/mol. The smallest absolute Gasteiger partial charge is 0.136 e. The summed E-state index contributed by atoms with van der Waals surface area (Å²) >= 11 is 7.35. The first-order valence-corrected chi connectivity index (χ1v) is 5.34. The van der Waals surface area contributed by atoms with Crippen molar-refractivity contribution in [3.8, 4) is 0 Å². The van der Waals surface area contributed by atoms with Crippen LogP contribution in [0.2, 0.25) is 0 Å². The fourth-order valence-electron chi connectivity index (χ4n) is 0.985. The van der Waals surface area contributed by atoms with Gasteiger partial charge in [0.15, 0.2) is 0 Å². The van der Waals surface area contributed by atoms with E-state index in [0.717, 1.165) is 23.7 Å². The van der Waals surface area contributed by atoms with Gasteiger partial charge in [0.05, 0.1) is 0 Å². The molecule has 12 heavy (non-hydrogen) atoms. The Labute approximate surface area is 85.7 Å². The normalized spacial score (nSPS) is 10.2. The van der Waals surface area contributed by atoms with Crippen LogP contribution in [0.5, 0.6) is 0 Å². The van der Waals surface area contributed by atoms with Gasteiger partial charge in [0, 0.05) is 10.2 Å². The summed E-state index contributed by atoms with van der Waals surface area (Å²) < 4.78 is 12.7. The molecule has 0 fully saturated rings. The number of hydrogen-bond acceptors (Lipinski definition) is 1. The number of rotatable bonds is 3. The second-order valence-corrected chi connectivity index (χ2v) is 3.85. The Morgan fingerprint density at radius 2 is 2.17 bits per heavy atom. The molecule has 0 heterocycles. The lowest BCUT2D eigenvalue weighted by Crippen LogP contribution is -1.87. The highest BCUT2D eigenvalue weighted by atomic mass is 79.9. The van der Waals surface area contributed by atoms with Crippen LogP contribution in [0.3, 0.4) is 0 Å². The number of alkyl halides is 1. The first-order valence-electron chi connectivity index (χ1n) is 3.77. The minimum atomic E-state index is -0.249. The number of thiol groups is 1. The van der Waals surface area contributed by atoms with Crippen LogP contribution in [0.4, 0.5) is 4.39 Å². The molecule has 0 bridgehead atoms. The molecule has 0 unspecified atom stereocenters. The van der Waals surface area contributed by atoms with Gasteiger partial charge in [-0.3, -0.25) is 0 Å². The predicted octanol–water partition coefficient (Wildman–Crippen LogP) is 3.44. The van der Waals surface area contributed by atoms with Crippen molar-refractivity contribution in [2.75, 3.05) is 5.33 Å². The number of benzene rings is 1. The number of hydrogen-bond donors (Lipinski definition) is 1. The van der Waals surface area contributed by atoms with E-state index >= 15 is 0 Å². The predicted molar refractivity (Wildman–Crippen MR) is 55.8 cm³/mol. The van der Waals surface area contributed by atoms with Crippen LogP contribution >= 0.6 is 28.6 Å². The van der Waals surface area contributed by atoms with E-state index in [-0.39, 0.29) is 5.82 Å². The Balaban J connectivity index is 2.69. The Morgan fingerprint density at radius 3 is 2.75 bits per heavy atom. The van der Waals surface area contributed by atoms with Crippen molar-refractivity contribution in [2.45, 2.75) is 17.7 Å². The van der Waals surface area contributed by atoms with Gasteiger partial charge >= 0.3 is 0 Å². The molecule has 0 saturated carbocycles. The van der Waals surface area contributed by atoms with Crippen LogP contribution < -0.4 is 0 Å². The van der Waals surface area contributed by atoms with E-state index in [1.54, 1.807) is 12.1 Å². The van der Waals surface area contributed by atoms with Crippen molar-refractivity contribution in [3.05, 3.63) is 29.6 Å². The molecular formula is C9H10BrFS. The maximum atomic E-state index is 12.7. The molecular weight excluding hydrogens is 239 g/mol. The Hall–Kier alpha value is -0.0200. The average Bonchev–Trinajstić information content (AvgIpc) is 2.07. The van der Waals surface area contributed by atoms with Crippen molar-refractivity contribution in [1.29, 1.82) is 0 Å². The second-order valence-electron chi connectivity index (χ2n) is 2.58. The van der Waals surface area contributed by atoms with Gasteiger partial charge in [-0.1, -0.05) is 22.0 Å². The third kappa shape index (κ3) is 2.79. The third-order valence-corrected chi connectivity index (χ3v) is 2.51. The average molecular weight is 249 g/mol. The molecule has 0 amide bonds. The van der Waals surface area contributed by atoms with Gasteiger partial charge in [0.25, 0.3) is 0 Å². The Bertz CT molecular complexity index is 263. The van der Waals surface area contributed by atoms with E-state index in [1.165, 1.54) is 6.07 Å². The molecule has 0 N–H and O–H groups in total. The lowest BCUT2D eigenvalue weighted by molar-refractivity contribution is 0.601. The first-order chi connectivity index (χ1) is 5.74. The Morgan fingerprint density at radius 1 is 1.42 bits per heavy atom. The van der Waals surface area contributed by atoms with Crippen molar-refractivity contribution >= 4 is 28.6 Å². The molecule has 0 aliphatic carbocycles. The molecule has 0 atom stereocenters. The fourth-order valence-corrected chi connectivity index (χ4v) is 1.51. The van der Waals surface area contributed by atoms with Crippen molar-refractivity contribution in [1.82, 2.24) is 0 Å². The van der Waals surface area contributed by atoms with E-state index in [1.807, 2.05) is 0 Å². The minimum absolute atomic E-state index is 0.249. The second kappa shape index (κ2) is 4.87. The highest BCUT2D eigenvalue weighted by Gasteiger charge is 1.98. The summed E-state index contributed by atoms with van der Waals surface area (Å²) in [5.41, 5.74) is 1.14. The lowest BCUT2D eigenvalue weighted by atomic mass is 10.1. The zero-order chi connectivity index (χ0) is 8.97. The van der Waals surface area contributed by atoms with Gasteiger partial charge in [0.2, 0.25) is 0 Å². The summed E-state index contributed by atoms with van der Waals surface area (Å²) in [6.07, 6.45) is 2.04. The van der Waals surface area contributed by atoms with Crippen molar-refractivity contribution in [3.63, 3.8) is 0 Å². The summed E-state index contributed by atoms with van der Waals surface area (Å²) in [5.74, 6) is -0.249. The van der Waals surface area contributed by atoms with Gasteiger partial charge in [0.1, 0.15) is 5.82 Å². The molecule has 66 valence electrons. The summed E-state index contributed by atoms with van der Waals surface area (Å²) in [4.78, 5) is 0.432. The molecule has 0 saturated heterocycles. The van der Waals surface area contributed by atoms with E-state index in [9.17, 15) is 4.39 Å². The molecule has 1 aromatic carbocycles. The quantitative estimate of drug-likeness (QED) is 0.615. The summed E-state index contributed by atoms with van der Waals surface area (Å²) in [6.45, 7) is 0. The highest BCUT2D eigenvalue weighted by Crippen LogP contribution is 2.15. The lowest BCUT2D eigenvalue weighted by Gasteiger charge is -2.00. The van der Waals surface area contributed by atoms with Gasteiger partial charge in [-0.05, 0) is 30.5 Å². The van der Waals surface area contributed by atoms with E-state index in [4.69, 9.17) is 0 Å². The molecule has 0 aliphatic rings. The zero-order valence-electron chi connectivity index (χ0n) is 6.56. The molecule has 0 aliphatic heterocycles. The highest BCUT2D eigenvalue weighted by molar-refractivity contribution is 9.09. The number of halogens is 2. The van der Waals surface area contributed by atoms with E-state index < -0.39 is 0 Å². The molecule has 1 rings (SSSR count). The van der Waals surface area contributed by atoms with E-state index in [0.29, 0.717) is 4.90 Å². The SMILES string of the molecule is Fc1ccc(CCCBr)cc1S. The molecule has 0 aromatic heterocycles. The van der Waals surface area contributed by atoms with Gasteiger partial charge in [-0.15, -0.1) is 12.6 Å². The largest absolute Gasteiger partial charge is 0.206 e. The molecule has 3 heteroatoms. The summed E-state index contributed by atoms with van der Waals surface area (Å²) in [7, 11) is 0. The van der Waals surface area contributed by atoms with Crippen LogP contribution in [-0.2, 0) is 6.42 Å². The van der Waals surface area contributed by atoms with Crippen LogP contribution in [0.25, 0.3) is 0 Å². The standard InChI is InChI=1S/C9H10BrFS/c10-5-1-2-7-3-4-8(11)9(12)6-7/h3-4,6,12H,1-2,5H2. The first kappa shape index (κ1) is 10.1. The molecule has 1 aromatic rings. The van der Waals surface area contributed by atoms with Crippen LogP contribution in [0, 0.1) is 5.82 Å². The molecule has 0 radical (unpaired) electrons. The topological polar surface area (TPSA) is 0 Å². The summed E-state index contributed by atoms with van der Waals surface area (Å²) in [5, 5.41) is 0.978. The maximum Gasteiger partial charge on any atom is 0.136 e. The van der Waals surface area contributed by atoms with Gasteiger partial charge < -0.3 is 0 Å². The zero-order valence-corrected chi connectivity index (χ0v) is 9.04. The van der Waals surface area contributed by atoms with Gasteiger partial charge in [-0.2, -0.15) is 0 Å². The van der Waals surface area contributed by atoms with Crippen LogP contribution in [-0.4, -0.2) is 5.33 Å². The van der Waals surface area contributed by atoms with E-state index in [2.05, 4.69) is 28.6 Å².